The molecule has 2 atom stereocenters. The summed E-state index contributed by atoms with van der Waals surface area (Å²) in [6.45, 7) is 0. The van der Waals surface area contributed by atoms with Gasteiger partial charge in [-0.2, -0.15) is 4.79 Å². The minimum absolute atomic E-state index is 0.118. The van der Waals surface area contributed by atoms with E-state index < -0.39 is 29.8 Å². The molecule has 0 bridgehead atoms. The van der Waals surface area contributed by atoms with E-state index in [1.54, 1.807) is 0 Å². The van der Waals surface area contributed by atoms with Gasteiger partial charge in [0.25, 0.3) is 5.91 Å². The Morgan fingerprint density at radius 1 is 1.59 bits per heavy atom. The summed E-state index contributed by atoms with van der Waals surface area (Å²) >= 11 is 0. The first-order valence-corrected chi connectivity index (χ1v) is 6.14. The smallest absolute Gasteiger partial charge is 0.326 e. The number of ketones is 1. The maximum Gasteiger partial charge on any atom is 0.326 e. The van der Waals surface area contributed by atoms with Crippen molar-refractivity contribution in [1.29, 1.82) is 0 Å². The van der Waals surface area contributed by atoms with Crippen LogP contribution in [0.4, 0.5) is 0 Å². The lowest BCUT2D eigenvalue weighted by Gasteiger charge is -2.17. The van der Waals surface area contributed by atoms with Gasteiger partial charge in [0.15, 0.2) is 18.3 Å². The van der Waals surface area contributed by atoms with Crippen molar-refractivity contribution >= 4 is 23.9 Å². The van der Waals surface area contributed by atoms with Crippen molar-refractivity contribution in [3.8, 4) is 0 Å². The molecule has 1 aromatic heterocycles. The molecule has 118 valence electrons. The zero-order valence-electron chi connectivity index (χ0n) is 11.6. The van der Waals surface area contributed by atoms with E-state index in [2.05, 4.69) is 15.1 Å². The van der Waals surface area contributed by atoms with Crippen LogP contribution >= 0.6 is 0 Å². The minimum Gasteiger partial charge on any atom is -0.480 e. The maximum absolute atomic E-state index is 12.0. The van der Waals surface area contributed by atoms with Gasteiger partial charge in [-0.15, -0.1) is 0 Å². The van der Waals surface area contributed by atoms with Gasteiger partial charge in [0, 0.05) is 13.5 Å². The Kier molecular flexibility index (Phi) is 6.61. The number of carbonyl (C=O) groups is 3. The molecule has 1 rings (SSSR count). The molecule has 10 nitrogen and oxygen atoms in total. The van der Waals surface area contributed by atoms with E-state index in [-0.39, 0.29) is 18.6 Å². The third-order valence-electron chi connectivity index (χ3n) is 2.68. The summed E-state index contributed by atoms with van der Waals surface area (Å²) in [5.74, 6) is -2.50. The molecule has 1 amide bonds. The largest absolute Gasteiger partial charge is 0.480 e. The number of carboxylic acid groups (broad SMARTS) is 1. The number of carboxylic acids is 1. The van der Waals surface area contributed by atoms with Gasteiger partial charge in [0.2, 0.25) is 5.78 Å². The second kappa shape index (κ2) is 8.45. The van der Waals surface area contributed by atoms with E-state index in [0.717, 1.165) is 6.39 Å². The molecule has 0 spiro atoms. The molecule has 2 unspecified atom stereocenters. The predicted molar refractivity (Wildman–Crippen MR) is 69.7 cm³/mol. The molecular weight excluding hydrogens is 296 g/mol. The lowest BCUT2D eigenvalue weighted by molar-refractivity contribution is -0.144. The molecule has 0 aliphatic carbocycles. The molecule has 1 aromatic rings. The molecule has 0 aliphatic rings. The fourth-order valence-electron chi connectivity index (χ4n) is 1.63. The van der Waals surface area contributed by atoms with E-state index in [1.165, 1.54) is 13.3 Å². The van der Waals surface area contributed by atoms with E-state index >= 15 is 0 Å². The SMILES string of the molecule is COC(C(=O)NC(CCC(=O)C=[N+]=[N-])C(=O)O)c1cnco1. The van der Waals surface area contributed by atoms with Crippen molar-refractivity contribution in [2.45, 2.75) is 25.0 Å². The van der Waals surface area contributed by atoms with Crippen LogP contribution in [0, 0.1) is 0 Å². The topological polar surface area (TPSA) is 155 Å². The summed E-state index contributed by atoms with van der Waals surface area (Å²) in [5, 5.41) is 11.3. The highest BCUT2D eigenvalue weighted by Gasteiger charge is 2.28. The Morgan fingerprint density at radius 3 is 2.82 bits per heavy atom. The van der Waals surface area contributed by atoms with Crippen LogP contribution < -0.4 is 5.32 Å². The van der Waals surface area contributed by atoms with Crippen LogP contribution in [-0.4, -0.2) is 51.9 Å². The van der Waals surface area contributed by atoms with Gasteiger partial charge < -0.3 is 25.1 Å². The van der Waals surface area contributed by atoms with Gasteiger partial charge in [0.1, 0.15) is 6.04 Å². The van der Waals surface area contributed by atoms with E-state index in [4.69, 9.17) is 19.8 Å². The number of amides is 1. The van der Waals surface area contributed by atoms with Crippen molar-refractivity contribution in [3.05, 3.63) is 23.9 Å². The van der Waals surface area contributed by atoms with Crippen LogP contribution in [0.15, 0.2) is 17.0 Å². The molecule has 10 heteroatoms. The number of oxazole rings is 1. The van der Waals surface area contributed by atoms with Crippen molar-refractivity contribution in [2.75, 3.05) is 7.11 Å². The second-order valence-corrected chi connectivity index (χ2v) is 4.17. The zero-order chi connectivity index (χ0) is 16.5. The normalized spacial score (nSPS) is 12.8. The summed E-state index contributed by atoms with van der Waals surface area (Å²) in [6.07, 6.45) is 1.51. The van der Waals surface area contributed by atoms with Gasteiger partial charge >= 0.3 is 12.2 Å². The number of ether oxygens (including phenoxy) is 1. The summed E-state index contributed by atoms with van der Waals surface area (Å²) in [7, 11) is 1.25. The minimum atomic E-state index is -1.31. The summed E-state index contributed by atoms with van der Waals surface area (Å²) in [4.78, 5) is 40.5. The molecule has 0 aromatic carbocycles. The van der Waals surface area contributed by atoms with Gasteiger partial charge in [-0.3, -0.25) is 9.59 Å². The number of nitrogens with one attached hydrogen (secondary N) is 1. The Morgan fingerprint density at radius 2 is 2.32 bits per heavy atom. The zero-order valence-corrected chi connectivity index (χ0v) is 11.6. The first kappa shape index (κ1) is 17.2. The molecule has 2 N–H and O–H groups in total. The lowest BCUT2D eigenvalue weighted by Crippen LogP contribution is -2.43. The summed E-state index contributed by atoms with van der Waals surface area (Å²) < 4.78 is 9.88. The molecule has 0 fully saturated rings. The number of Topliss-reactive ketones (excluding diaryl/α,β-unsaturated/α-hetero) is 1. The Balaban J connectivity index is 2.69. The fourth-order valence-corrected chi connectivity index (χ4v) is 1.63. The number of hydrogen-bond acceptors (Lipinski definition) is 6. The van der Waals surface area contributed by atoms with Crippen LogP contribution in [0.5, 0.6) is 0 Å². The van der Waals surface area contributed by atoms with Gasteiger partial charge in [0.05, 0.1) is 6.20 Å². The van der Waals surface area contributed by atoms with Crippen LogP contribution in [0.3, 0.4) is 0 Å². The molecule has 0 aliphatic heterocycles. The first-order chi connectivity index (χ1) is 10.5. The van der Waals surface area contributed by atoms with Crippen molar-refractivity contribution < 1.29 is 33.4 Å². The van der Waals surface area contributed by atoms with Crippen LogP contribution in [0.2, 0.25) is 0 Å². The monoisotopic (exact) mass is 310 g/mol. The highest BCUT2D eigenvalue weighted by atomic mass is 16.5. The molecule has 0 saturated heterocycles. The Bertz CT molecular complexity index is 578. The molecular formula is C12H14N4O6. The van der Waals surface area contributed by atoms with E-state index in [1.807, 2.05) is 0 Å². The number of rotatable bonds is 9. The molecule has 0 saturated carbocycles. The number of aliphatic carboxylic acids is 1. The summed E-state index contributed by atoms with van der Waals surface area (Å²) in [6, 6.07) is -1.30. The first-order valence-electron chi connectivity index (χ1n) is 6.14. The summed E-state index contributed by atoms with van der Waals surface area (Å²) in [5.41, 5.74) is 8.20. The predicted octanol–water partition coefficient (Wildman–Crippen LogP) is -0.419. The highest BCUT2D eigenvalue weighted by Crippen LogP contribution is 2.16. The second-order valence-electron chi connectivity index (χ2n) is 4.17. The Labute approximate surface area is 124 Å². The van der Waals surface area contributed by atoms with Crippen LogP contribution in [-0.2, 0) is 19.1 Å². The van der Waals surface area contributed by atoms with Crippen molar-refractivity contribution in [3.63, 3.8) is 0 Å². The fraction of sp³-hybridized carbons (Fsp3) is 0.417. The standard InChI is InChI=1S/C12H14N4O6/c1-21-10(9-5-14-6-22-9)11(18)16-8(12(19)20)3-2-7(17)4-15-13/h4-6,8,10H,2-3H2,1H3,(H,16,18)(H,19,20). The van der Waals surface area contributed by atoms with Crippen LogP contribution in [0.25, 0.3) is 5.53 Å². The lowest BCUT2D eigenvalue weighted by atomic mass is 10.1. The number of methoxy groups -OCH3 is 1. The van der Waals surface area contributed by atoms with Gasteiger partial charge in [-0.25, -0.2) is 9.78 Å². The third kappa shape index (κ3) is 4.93. The molecule has 0 radical (unpaired) electrons. The highest BCUT2D eigenvalue weighted by molar-refractivity contribution is 6.25. The van der Waals surface area contributed by atoms with Gasteiger partial charge in [-0.05, 0) is 6.42 Å². The van der Waals surface area contributed by atoms with E-state index in [9.17, 15) is 14.4 Å². The van der Waals surface area contributed by atoms with E-state index in [0.29, 0.717) is 6.21 Å². The molecule has 22 heavy (non-hydrogen) atoms. The third-order valence-corrected chi connectivity index (χ3v) is 2.68. The number of nitrogens with zero attached hydrogens (tertiary/aromatic N) is 3. The van der Waals surface area contributed by atoms with Crippen molar-refractivity contribution in [1.82, 2.24) is 10.3 Å². The van der Waals surface area contributed by atoms with Crippen molar-refractivity contribution in [2.24, 2.45) is 0 Å². The average molecular weight is 310 g/mol. The number of carbonyl (C=O) groups excluding carboxylic acids is 2. The van der Waals surface area contributed by atoms with Gasteiger partial charge in [-0.1, -0.05) is 0 Å². The average Bonchev–Trinajstić information content (AvgIpc) is 2.98. The quantitative estimate of drug-likeness (QED) is 0.356. The number of aromatic nitrogens is 1. The number of hydrogen-bond donors (Lipinski definition) is 2. The Hall–Kier alpha value is -2.84. The maximum atomic E-state index is 12.0. The van der Waals surface area contributed by atoms with Crippen LogP contribution in [0.1, 0.15) is 24.7 Å². The molecule has 1 heterocycles.